The number of hydrogen-bond acceptors (Lipinski definition) is 7. The lowest BCUT2D eigenvalue weighted by molar-refractivity contribution is 0.0240. The Bertz CT molecular complexity index is 1470. The van der Waals surface area contributed by atoms with Crippen molar-refractivity contribution in [3.05, 3.63) is 64.6 Å². The van der Waals surface area contributed by atoms with Gasteiger partial charge in [-0.25, -0.2) is 23.5 Å². The summed E-state index contributed by atoms with van der Waals surface area (Å²) in [5.74, 6) is -0.180. The van der Waals surface area contributed by atoms with Crippen molar-refractivity contribution in [2.45, 2.75) is 52.7 Å². The minimum Gasteiger partial charge on any atom is -0.486 e. The van der Waals surface area contributed by atoms with E-state index in [2.05, 4.69) is 14.9 Å². The molecule has 0 atom stereocenters. The van der Waals surface area contributed by atoms with Crippen molar-refractivity contribution in [1.82, 2.24) is 14.9 Å². The van der Waals surface area contributed by atoms with Gasteiger partial charge in [0, 0.05) is 50.4 Å². The Morgan fingerprint density at radius 3 is 2.45 bits per heavy atom. The number of carbonyl (C=O) groups is 1. The fraction of sp³-hybridized carbons (Fsp3) is 0.452. The van der Waals surface area contributed by atoms with Gasteiger partial charge in [0.15, 0.2) is 11.6 Å². The maximum absolute atomic E-state index is 15.3. The van der Waals surface area contributed by atoms with Crippen molar-refractivity contribution >= 4 is 29.1 Å². The average molecular weight is 600 g/mol. The van der Waals surface area contributed by atoms with Crippen LogP contribution in [0.4, 0.5) is 25.0 Å². The third-order valence-corrected chi connectivity index (χ3v) is 7.53. The van der Waals surface area contributed by atoms with Gasteiger partial charge in [-0.15, -0.1) is 0 Å². The highest BCUT2D eigenvalue weighted by molar-refractivity contribution is 6.32. The van der Waals surface area contributed by atoms with Gasteiger partial charge in [0.2, 0.25) is 0 Å². The first-order valence-electron chi connectivity index (χ1n) is 14.2. The van der Waals surface area contributed by atoms with E-state index in [0.29, 0.717) is 73.4 Å². The molecule has 1 aromatic heterocycles. The number of fused-ring (bicyclic) bond motifs is 1. The van der Waals surface area contributed by atoms with Gasteiger partial charge in [0.05, 0.1) is 28.6 Å². The first kappa shape index (κ1) is 29.8. The lowest BCUT2D eigenvalue weighted by Crippen LogP contribution is -2.50. The fourth-order valence-electron chi connectivity index (χ4n) is 5.22. The molecule has 0 unspecified atom stereocenters. The van der Waals surface area contributed by atoms with Crippen LogP contribution < -0.4 is 14.5 Å². The molecule has 0 aliphatic carbocycles. The highest BCUT2D eigenvalue weighted by Crippen LogP contribution is 2.40. The average Bonchev–Trinajstić information content (AvgIpc) is 2.93. The van der Waals surface area contributed by atoms with Gasteiger partial charge in [-0.1, -0.05) is 17.7 Å². The summed E-state index contributed by atoms with van der Waals surface area (Å²) in [4.78, 5) is 27.0. The molecule has 0 bridgehead atoms. The number of rotatable bonds is 5. The van der Waals surface area contributed by atoms with Crippen LogP contribution in [-0.2, 0) is 11.2 Å². The maximum Gasteiger partial charge on any atom is 0.410 e. The summed E-state index contributed by atoms with van der Waals surface area (Å²) in [6, 6.07) is 8.43. The number of anilines is 2. The molecule has 8 nitrogen and oxygen atoms in total. The Balaban J connectivity index is 1.31. The molecule has 11 heteroatoms. The minimum absolute atomic E-state index is 0.158. The highest BCUT2D eigenvalue weighted by Gasteiger charge is 2.28. The molecule has 1 fully saturated rings. The molecular weight excluding hydrogens is 564 g/mol. The summed E-state index contributed by atoms with van der Waals surface area (Å²) in [6.45, 7) is 12.5. The summed E-state index contributed by atoms with van der Waals surface area (Å²) in [7, 11) is 0. The summed E-state index contributed by atoms with van der Waals surface area (Å²) < 4.78 is 41.4. The number of ether oxygens (including phenoxy) is 2. The first-order chi connectivity index (χ1) is 19.9. The minimum atomic E-state index is -0.564. The second kappa shape index (κ2) is 11.9. The number of piperazine rings is 1. The predicted octanol–water partition coefficient (Wildman–Crippen LogP) is 6.33. The number of hydrogen-bond donors (Lipinski definition) is 0. The molecule has 5 rings (SSSR count). The van der Waals surface area contributed by atoms with Crippen LogP contribution in [-0.4, -0.2) is 71.9 Å². The first-order valence-corrected chi connectivity index (χ1v) is 14.5. The van der Waals surface area contributed by atoms with E-state index in [1.807, 2.05) is 51.7 Å². The third-order valence-electron chi connectivity index (χ3n) is 7.25. The van der Waals surface area contributed by atoms with Crippen LogP contribution >= 0.6 is 11.6 Å². The Hall–Kier alpha value is -3.66. The van der Waals surface area contributed by atoms with Crippen LogP contribution in [0.3, 0.4) is 0 Å². The van der Waals surface area contributed by atoms with Gasteiger partial charge < -0.3 is 24.2 Å². The van der Waals surface area contributed by atoms with Gasteiger partial charge in [-0.3, -0.25) is 0 Å². The third kappa shape index (κ3) is 6.53. The van der Waals surface area contributed by atoms with Crippen LogP contribution in [0.5, 0.6) is 5.75 Å². The van der Waals surface area contributed by atoms with Crippen molar-refractivity contribution in [2.24, 2.45) is 0 Å². The van der Waals surface area contributed by atoms with Crippen molar-refractivity contribution in [2.75, 3.05) is 49.1 Å². The molecule has 3 aromatic rings. The summed E-state index contributed by atoms with van der Waals surface area (Å²) in [5, 5.41) is 0.290. The molecule has 224 valence electrons. The molecule has 2 aromatic carbocycles. The van der Waals surface area contributed by atoms with Crippen molar-refractivity contribution in [1.29, 1.82) is 0 Å². The van der Waals surface area contributed by atoms with Gasteiger partial charge >= 0.3 is 6.09 Å². The van der Waals surface area contributed by atoms with E-state index in [1.165, 1.54) is 18.3 Å². The largest absolute Gasteiger partial charge is 0.486 e. The van der Waals surface area contributed by atoms with Crippen molar-refractivity contribution in [3.63, 3.8) is 0 Å². The molecule has 0 saturated carbocycles. The zero-order chi connectivity index (χ0) is 30.2. The molecule has 0 spiro atoms. The van der Waals surface area contributed by atoms with E-state index in [-0.39, 0.29) is 35.1 Å². The topological polar surface area (TPSA) is 71.0 Å². The number of aromatic nitrogens is 2. The van der Waals surface area contributed by atoms with Gasteiger partial charge in [0.1, 0.15) is 23.8 Å². The molecule has 2 aliphatic heterocycles. The lowest BCUT2D eigenvalue weighted by Gasteiger charge is -2.36. The zero-order valence-corrected chi connectivity index (χ0v) is 25.3. The number of benzene rings is 2. The second-order valence-electron chi connectivity index (χ2n) is 11.8. The Morgan fingerprint density at radius 1 is 1.05 bits per heavy atom. The molecule has 1 saturated heterocycles. The highest BCUT2D eigenvalue weighted by atomic mass is 35.5. The molecular formula is C31H36ClF2N5O3. The normalized spacial score (nSPS) is 15.5. The Kier molecular flexibility index (Phi) is 8.46. The van der Waals surface area contributed by atoms with Gasteiger partial charge in [-0.2, -0.15) is 0 Å². The molecule has 1 amide bonds. The summed E-state index contributed by atoms with van der Waals surface area (Å²) in [6.07, 6.45) is 1.40. The predicted molar refractivity (Wildman–Crippen MR) is 160 cm³/mol. The van der Waals surface area contributed by atoms with Crippen LogP contribution in [0, 0.1) is 11.6 Å². The van der Waals surface area contributed by atoms with Crippen LogP contribution in [0.15, 0.2) is 36.5 Å². The molecule has 0 N–H and O–H groups in total. The van der Waals surface area contributed by atoms with Crippen molar-refractivity contribution in [3.8, 4) is 17.0 Å². The Labute approximate surface area is 250 Å². The van der Waals surface area contributed by atoms with Crippen molar-refractivity contribution < 1.29 is 23.0 Å². The SMILES string of the molecule is CC(C)N1CCOc2c(F)cc(-c3nc(Cc4ccc(N5CCN(C(=O)OC(C)(C)C)CC5)c(F)c4)ncc3Cl)cc21. The van der Waals surface area contributed by atoms with E-state index >= 15 is 8.78 Å². The quantitative estimate of drug-likeness (QED) is 0.339. The lowest BCUT2D eigenvalue weighted by atomic mass is 10.1. The molecule has 42 heavy (non-hydrogen) atoms. The Morgan fingerprint density at radius 2 is 1.79 bits per heavy atom. The van der Waals surface area contributed by atoms with Gasteiger partial charge in [-0.05, 0) is 64.4 Å². The molecule has 3 heterocycles. The van der Waals surface area contributed by atoms with E-state index in [0.717, 1.165) is 0 Å². The summed E-state index contributed by atoms with van der Waals surface area (Å²) in [5.41, 5.74) is 2.17. The van der Waals surface area contributed by atoms with E-state index in [4.69, 9.17) is 21.1 Å². The van der Waals surface area contributed by atoms with E-state index in [9.17, 15) is 4.79 Å². The van der Waals surface area contributed by atoms with E-state index in [1.54, 1.807) is 11.0 Å². The number of carbonyl (C=O) groups excluding carboxylic acids is 1. The van der Waals surface area contributed by atoms with Crippen LogP contribution in [0.1, 0.15) is 46.0 Å². The second-order valence-corrected chi connectivity index (χ2v) is 12.2. The maximum atomic E-state index is 15.3. The monoisotopic (exact) mass is 599 g/mol. The standard InChI is InChI=1S/C31H36ClF2N5O3/c1-19(2)39-12-13-41-29-24(34)16-21(17-26(29)39)28-22(32)18-35-27(36-28)15-20-6-7-25(23(33)14-20)37-8-10-38(11-9-37)30(40)42-31(3,4)5/h6-7,14,16-19H,8-13,15H2,1-5H3. The summed E-state index contributed by atoms with van der Waals surface area (Å²) >= 11 is 6.47. The fourth-order valence-corrected chi connectivity index (χ4v) is 5.42. The molecule has 2 aliphatic rings. The zero-order valence-electron chi connectivity index (χ0n) is 24.6. The molecule has 0 radical (unpaired) electrons. The van der Waals surface area contributed by atoms with E-state index < -0.39 is 11.4 Å². The number of amides is 1. The van der Waals surface area contributed by atoms with Crippen LogP contribution in [0.25, 0.3) is 11.3 Å². The number of nitrogens with zero attached hydrogens (tertiary/aromatic N) is 5. The number of halogens is 3. The van der Waals surface area contributed by atoms with Crippen LogP contribution in [0.2, 0.25) is 5.02 Å². The smallest absolute Gasteiger partial charge is 0.410 e. The van der Waals surface area contributed by atoms with Gasteiger partial charge in [0.25, 0.3) is 0 Å².